The highest BCUT2D eigenvalue weighted by Crippen LogP contribution is 2.18. The van der Waals surface area contributed by atoms with Crippen LogP contribution >= 0.6 is 0 Å². The summed E-state index contributed by atoms with van der Waals surface area (Å²) >= 11 is 0. The summed E-state index contributed by atoms with van der Waals surface area (Å²) in [6.07, 6.45) is 1.40. The second kappa shape index (κ2) is 5.82. The summed E-state index contributed by atoms with van der Waals surface area (Å²) in [5, 5.41) is 0. The van der Waals surface area contributed by atoms with Gasteiger partial charge in [0.15, 0.2) is 0 Å². The fourth-order valence-corrected chi connectivity index (χ4v) is 1.71. The first-order valence-corrected chi connectivity index (χ1v) is 5.74. The smallest absolute Gasteiger partial charge is 0.292 e. The molecule has 0 spiro atoms. The summed E-state index contributed by atoms with van der Waals surface area (Å²) in [5.74, 6) is -0.437. The van der Waals surface area contributed by atoms with Gasteiger partial charge in [0.05, 0.1) is 5.56 Å². The lowest BCUT2D eigenvalue weighted by atomic mass is 10.0. The van der Waals surface area contributed by atoms with Gasteiger partial charge in [0.1, 0.15) is 6.10 Å². The van der Waals surface area contributed by atoms with Crippen molar-refractivity contribution >= 4 is 5.97 Å². The van der Waals surface area contributed by atoms with Crippen LogP contribution in [0.15, 0.2) is 12.1 Å². The van der Waals surface area contributed by atoms with Crippen LogP contribution in [-0.4, -0.2) is 5.97 Å². The molecule has 0 aliphatic carbocycles. The Morgan fingerprint density at radius 3 is 2.12 bits per heavy atom. The maximum Gasteiger partial charge on any atom is 0.373 e. The molecular weight excluding hydrogens is 216 g/mol. The molecule has 0 aliphatic heterocycles. The number of carbonyl (C=O) groups excluding carboxylic acids is 1. The molecule has 1 aromatic carbocycles. The molecule has 0 aromatic heterocycles. The molecule has 17 heavy (non-hydrogen) atoms. The molecule has 0 bridgehead atoms. The Morgan fingerprint density at radius 2 is 1.65 bits per heavy atom. The second-order valence-electron chi connectivity index (χ2n) is 4.28. The molecule has 0 N–H and O–H groups in total. The highest BCUT2D eigenvalue weighted by Gasteiger charge is 2.16. The Bertz CT molecular complexity index is 387. The van der Waals surface area contributed by atoms with Crippen molar-refractivity contribution < 1.29 is 14.6 Å². The molecule has 0 amide bonds. The van der Waals surface area contributed by atoms with E-state index >= 15 is 0 Å². The molecule has 3 heteroatoms. The van der Waals surface area contributed by atoms with Gasteiger partial charge in [-0.25, -0.2) is 4.79 Å². The van der Waals surface area contributed by atoms with Gasteiger partial charge in [-0.2, -0.15) is 4.89 Å². The minimum atomic E-state index is -0.437. The summed E-state index contributed by atoms with van der Waals surface area (Å²) in [4.78, 5) is 21.6. The molecule has 93 valence electrons. The fourth-order valence-electron chi connectivity index (χ4n) is 1.71. The van der Waals surface area contributed by atoms with Crippen molar-refractivity contribution in [2.24, 2.45) is 0 Å². The van der Waals surface area contributed by atoms with Crippen LogP contribution in [0.3, 0.4) is 0 Å². The lowest BCUT2D eigenvalue weighted by Gasteiger charge is -2.11. The predicted octanol–water partition coefficient (Wildman–Crippen LogP) is 3.66. The first-order chi connectivity index (χ1) is 7.95. The third kappa shape index (κ3) is 3.56. The first-order valence-electron chi connectivity index (χ1n) is 5.74. The van der Waals surface area contributed by atoms with Gasteiger partial charge in [-0.1, -0.05) is 24.6 Å². The second-order valence-corrected chi connectivity index (χ2v) is 4.28. The van der Waals surface area contributed by atoms with Gasteiger partial charge in [0.2, 0.25) is 0 Å². The Kier molecular flexibility index (Phi) is 4.70. The Morgan fingerprint density at radius 1 is 1.12 bits per heavy atom. The van der Waals surface area contributed by atoms with Gasteiger partial charge in [-0.15, -0.1) is 0 Å². The summed E-state index contributed by atoms with van der Waals surface area (Å²) in [5.41, 5.74) is 3.53. The topological polar surface area (TPSA) is 35.5 Å². The van der Waals surface area contributed by atoms with E-state index in [0.29, 0.717) is 11.7 Å². The molecule has 0 aliphatic rings. The first kappa shape index (κ1) is 13.7. The molecule has 3 nitrogen and oxygen atoms in total. The third-order valence-corrected chi connectivity index (χ3v) is 2.64. The van der Waals surface area contributed by atoms with E-state index in [0.717, 1.165) is 23.1 Å². The Hall–Kier alpha value is -1.35. The Labute approximate surface area is 103 Å². The van der Waals surface area contributed by atoms with E-state index in [-0.39, 0.29) is 0 Å². The summed E-state index contributed by atoms with van der Waals surface area (Å²) in [6, 6.07) is 3.92. The molecule has 0 unspecified atom stereocenters. The van der Waals surface area contributed by atoms with Gasteiger partial charge in [0.25, 0.3) is 0 Å². The zero-order valence-electron chi connectivity index (χ0n) is 11.1. The highest BCUT2D eigenvalue weighted by atomic mass is 17.2. The van der Waals surface area contributed by atoms with Gasteiger partial charge < -0.3 is 0 Å². The van der Waals surface area contributed by atoms with E-state index in [9.17, 15) is 4.79 Å². The SMILES string of the molecule is CC[C](C)OOC(=O)c1c(C)cc(C)cc1C. The zero-order valence-corrected chi connectivity index (χ0v) is 11.1. The monoisotopic (exact) mass is 235 g/mol. The van der Waals surface area contributed by atoms with Crippen LogP contribution in [0.5, 0.6) is 0 Å². The molecule has 1 rings (SSSR count). The van der Waals surface area contributed by atoms with E-state index in [2.05, 4.69) is 0 Å². The van der Waals surface area contributed by atoms with Gasteiger partial charge in [-0.05, 0) is 45.2 Å². The van der Waals surface area contributed by atoms with Crippen molar-refractivity contribution in [2.75, 3.05) is 0 Å². The van der Waals surface area contributed by atoms with Crippen LogP contribution < -0.4 is 0 Å². The van der Waals surface area contributed by atoms with Crippen molar-refractivity contribution in [1.82, 2.24) is 0 Å². The number of carbonyl (C=O) groups is 1. The van der Waals surface area contributed by atoms with Crippen LogP contribution in [0.4, 0.5) is 0 Å². The summed E-state index contributed by atoms with van der Waals surface area (Å²) in [6.45, 7) is 9.51. The maximum atomic E-state index is 11.9. The minimum absolute atomic E-state index is 0.437. The minimum Gasteiger partial charge on any atom is -0.292 e. The van der Waals surface area contributed by atoms with E-state index in [4.69, 9.17) is 9.78 Å². The molecule has 0 saturated heterocycles. The van der Waals surface area contributed by atoms with E-state index in [1.807, 2.05) is 39.8 Å². The highest BCUT2D eigenvalue weighted by molar-refractivity contribution is 5.92. The standard InChI is InChI=1S/C14H19O3/c1-6-12(5)16-17-14(15)13-10(3)7-9(2)8-11(13)4/h7-8H,6H2,1-5H3. The molecule has 0 atom stereocenters. The van der Waals surface area contributed by atoms with Crippen LogP contribution in [-0.2, 0) is 9.78 Å². The van der Waals surface area contributed by atoms with Crippen LogP contribution in [0, 0.1) is 26.9 Å². The Balaban J connectivity index is 2.82. The number of benzene rings is 1. The van der Waals surface area contributed by atoms with Crippen molar-refractivity contribution in [3.05, 3.63) is 40.5 Å². The molecular formula is C14H19O3. The largest absolute Gasteiger partial charge is 0.373 e. The lowest BCUT2D eigenvalue weighted by molar-refractivity contribution is -0.232. The van der Waals surface area contributed by atoms with Crippen molar-refractivity contribution in [1.29, 1.82) is 0 Å². The summed E-state index contributed by atoms with van der Waals surface area (Å²) in [7, 11) is 0. The molecule has 0 fully saturated rings. The lowest BCUT2D eigenvalue weighted by Crippen LogP contribution is -2.11. The maximum absolute atomic E-state index is 11.9. The van der Waals surface area contributed by atoms with Crippen molar-refractivity contribution in [2.45, 2.75) is 41.0 Å². The third-order valence-electron chi connectivity index (χ3n) is 2.64. The van der Waals surface area contributed by atoms with Gasteiger partial charge >= 0.3 is 5.97 Å². The molecule has 1 radical (unpaired) electrons. The van der Waals surface area contributed by atoms with Crippen LogP contribution in [0.1, 0.15) is 47.3 Å². The quantitative estimate of drug-likeness (QED) is 0.590. The number of aryl methyl sites for hydroxylation is 3. The van der Waals surface area contributed by atoms with Crippen molar-refractivity contribution in [3.8, 4) is 0 Å². The molecule has 0 heterocycles. The molecule has 0 saturated carbocycles. The normalized spacial score (nSPS) is 10.7. The van der Waals surface area contributed by atoms with Gasteiger partial charge in [-0.3, -0.25) is 4.89 Å². The summed E-state index contributed by atoms with van der Waals surface area (Å²) < 4.78 is 0. The van der Waals surface area contributed by atoms with Crippen molar-refractivity contribution in [3.63, 3.8) is 0 Å². The van der Waals surface area contributed by atoms with E-state index in [1.165, 1.54) is 0 Å². The average molecular weight is 235 g/mol. The predicted molar refractivity (Wildman–Crippen MR) is 66.4 cm³/mol. The fraction of sp³-hybridized carbons (Fsp3) is 0.429. The van der Waals surface area contributed by atoms with Crippen LogP contribution in [0.25, 0.3) is 0 Å². The number of rotatable bonds is 4. The number of hydrogen-bond acceptors (Lipinski definition) is 3. The number of hydrogen-bond donors (Lipinski definition) is 0. The van der Waals surface area contributed by atoms with Crippen LogP contribution in [0.2, 0.25) is 0 Å². The molecule has 1 aromatic rings. The average Bonchev–Trinajstić information content (AvgIpc) is 2.24. The zero-order chi connectivity index (χ0) is 13.0. The van der Waals surface area contributed by atoms with E-state index in [1.54, 1.807) is 6.92 Å². The van der Waals surface area contributed by atoms with Gasteiger partial charge in [0, 0.05) is 0 Å². The van der Waals surface area contributed by atoms with E-state index < -0.39 is 5.97 Å².